The fraction of sp³-hybridized carbons (Fsp3) is 0.0952. The van der Waals surface area contributed by atoms with E-state index in [2.05, 4.69) is 20.3 Å². The van der Waals surface area contributed by atoms with E-state index in [1.54, 1.807) is 33.7 Å². The minimum absolute atomic E-state index is 0.193. The second-order valence-corrected chi connectivity index (χ2v) is 7.09. The van der Waals surface area contributed by atoms with Gasteiger partial charge in [-0.15, -0.1) is 10.2 Å². The maximum absolute atomic E-state index is 12.9. The monoisotopic (exact) mass is 402 g/mol. The highest BCUT2D eigenvalue weighted by Crippen LogP contribution is 2.25. The summed E-state index contributed by atoms with van der Waals surface area (Å²) in [6.07, 6.45) is 3.96. The highest BCUT2D eigenvalue weighted by atomic mass is 35.5. The van der Waals surface area contributed by atoms with Crippen LogP contribution >= 0.6 is 11.6 Å². The van der Waals surface area contributed by atoms with Gasteiger partial charge in [0.05, 0.1) is 6.20 Å². The number of halogens is 1. The summed E-state index contributed by atoms with van der Waals surface area (Å²) in [6.45, 7) is 0.515. The topological polar surface area (TPSA) is 78.0 Å². The predicted molar refractivity (Wildman–Crippen MR) is 111 cm³/mol. The molecule has 5 aromatic rings. The first kappa shape index (κ1) is 17.5. The lowest BCUT2D eigenvalue weighted by Gasteiger charge is -2.07. The maximum Gasteiger partial charge on any atom is 0.283 e. The smallest absolute Gasteiger partial charge is 0.283 e. The van der Waals surface area contributed by atoms with Gasteiger partial charge in [-0.1, -0.05) is 54.1 Å². The van der Waals surface area contributed by atoms with Crippen molar-refractivity contribution in [3.63, 3.8) is 0 Å². The van der Waals surface area contributed by atoms with Crippen molar-refractivity contribution in [1.29, 1.82) is 0 Å². The van der Waals surface area contributed by atoms with Crippen molar-refractivity contribution >= 4 is 28.4 Å². The molecule has 3 aromatic heterocycles. The molecule has 5 rings (SSSR count). The molecule has 0 aliphatic carbocycles. The molecule has 0 fully saturated rings. The fourth-order valence-corrected chi connectivity index (χ4v) is 3.42. The number of aromatic nitrogens is 6. The van der Waals surface area contributed by atoms with Crippen molar-refractivity contribution in [3.05, 3.63) is 88.1 Å². The van der Waals surface area contributed by atoms with Crippen LogP contribution in [0.5, 0.6) is 0 Å². The molecule has 7 nitrogen and oxygen atoms in total. The molecule has 0 atom stereocenters. The Kier molecular flexibility index (Phi) is 4.29. The summed E-state index contributed by atoms with van der Waals surface area (Å²) < 4.78 is 3.11. The lowest BCUT2D eigenvalue weighted by atomic mass is 10.1. The molecule has 0 amide bonds. The summed E-state index contributed by atoms with van der Waals surface area (Å²) in [6, 6.07) is 17.4. The zero-order chi connectivity index (χ0) is 19.8. The molecule has 0 aliphatic heterocycles. The number of rotatable bonds is 4. The fourth-order valence-electron chi connectivity index (χ4n) is 3.29. The molecule has 0 N–H and O–H groups in total. The van der Waals surface area contributed by atoms with Crippen LogP contribution in [0, 0.1) is 0 Å². The van der Waals surface area contributed by atoms with Gasteiger partial charge < -0.3 is 0 Å². The Balaban J connectivity index is 1.55. The zero-order valence-electron chi connectivity index (χ0n) is 15.2. The molecule has 0 saturated heterocycles. The molecule has 142 valence electrons. The van der Waals surface area contributed by atoms with Crippen molar-refractivity contribution < 1.29 is 0 Å². The van der Waals surface area contributed by atoms with Crippen LogP contribution in [0.25, 0.3) is 27.9 Å². The van der Waals surface area contributed by atoms with E-state index >= 15 is 0 Å². The van der Waals surface area contributed by atoms with Gasteiger partial charge >= 0.3 is 0 Å². The van der Waals surface area contributed by atoms with Crippen molar-refractivity contribution in [2.45, 2.75) is 13.0 Å². The summed E-state index contributed by atoms with van der Waals surface area (Å²) >= 11 is 5.97. The molecule has 0 aliphatic rings. The predicted octanol–water partition coefficient (Wildman–Crippen LogP) is 3.40. The minimum atomic E-state index is -0.233. The maximum atomic E-state index is 12.9. The van der Waals surface area contributed by atoms with Crippen LogP contribution in [0.3, 0.4) is 0 Å². The number of fused-ring (bicyclic) bond motifs is 3. The Morgan fingerprint density at radius 3 is 2.52 bits per heavy atom. The summed E-state index contributed by atoms with van der Waals surface area (Å²) in [5.41, 5.74) is 3.74. The standard InChI is InChI=1S/C21H15ClN6O/c22-16-8-6-15(7-9-16)17-12-24-28-19(17)26-25-18-20(28)23-13-27(21(18)29)11-10-14-4-2-1-3-5-14/h1-9,12-13H,10-11H2. The minimum Gasteiger partial charge on any atom is -0.297 e. The first-order valence-electron chi connectivity index (χ1n) is 9.10. The first-order valence-corrected chi connectivity index (χ1v) is 9.48. The van der Waals surface area contributed by atoms with Crippen molar-refractivity contribution in [2.24, 2.45) is 0 Å². The molecule has 8 heteroatoms. The summed E-state index contributed by atoms with van der Waals surface area (Å²) in [5.74, 6) is 0. The highest BCUT2D eigenvalue weighted by Gasteiger charge is 2.15. The van der Waals surface area contributed by atoms with E-state index in [0.717, 1.165) is 23.1 Å². The third-order valence-electron chi connectivity index (χ3n) is 4.82. The van der Waals surface area contributed by atoms with Crippen LogP contribution in [0.4, 0.5) is 0 Å². The van der Waals surface area contributed by atoms with Gasteiger partial charge in [-0.2, -0.15) is 9.61 Å². The van der Waals surface area contributed by atoms with Gasteiger partial charge in [0, 0.05) is 17.1 Å². The normalized spacial score (nSPS) is 11.3. The van der Waals surface area contributed by atoms with Gasteiger partial charge in [-0.25, -0.2) is 4.98 Å². The average Bonchev–Trinajstić information content (AvgIpc) is 3.19. The zero-order valence-corrected chi connectivity index (χ0v) is 16.0. The van der Waals surface area contributed by atoms with Gasteiger partial charge in [0.25, 0.3) is 5.56 Å². The van der Waals surface area contributed by atoms with E-state index in [0.29, 0.717) is 22.9 Å². The molecule has 0 radical (unpaired) electrons. The van der Waals surface area contributed by atoms with E-state index in [1.807, 2.05) is 42.5 Å². The Morgan fingerprint density at radius 2 is 1.72 bits per heavy atom. The SMILES string of the molecule is O=c1c2nnc3c(-c4ccc(Cl)cc4)cnn3c2ncn1CCc1ccccc1. The third-order valence-corrected chi connectivity index (χ3v) is 5.08. The van der Waals surface area contributed by atoms with Crippen LogP contribution in [0.1, 0.15) is 5.56 Å². The lowest BCUT2D eigenvalue weighted by Crippen LogP contribution is -2.23. The van der Waals surface area contributed by atoms with Gasteiger partial charge in [0.15, 0.2) is 16.8 Å². The van der Waals surface area contributed by atoms with Crippen molar-refractivity contribution in [2.75, 3.05) is 0 Å². The Bertz CT molecular complexity index is 1380. The summed E-state index contributed by atoms with van der Waals surface area (Å²) in [7, 11) is 0. The second kappa shape index (κ2) is 7.10. The Morgan fingerprint density at radius 1 is 0.931 bits per heavy atom. The molecule has 0 unspecified atom stereocenters. The molecule has 0 bridgehead atoms. The van der Waals surface area contributed by atoms with Crippen molar-refractivity contribution in [1.82, 2.24) is 29.4 Å². The highest BCUT2D eigenvalue weighted by molar-refractivity contribution is 6.30. The van der Waals surface area contributed by atoms with E-state index < -0.39 is 0 Å². The van der Waals surface area contributed by atoms with Crippen LogP contribution < -0.4 is 5.56 Å². The lowest BCUT2D eigenvalue weighted by molar-refractivity contribution is 0.657. The molecule has 29 heavy (non-hydrogen) atoms. The van der Waals surface area contributed by atoms with E-state index in [1.165, 1.54) is 0 Å². The number of hydrogen-bond donors (Lipinski definition) is 0. The van der Waals surface area contributed by atoms with Gasteiger partial charge in [-0.05, 0) is 29.7 Å². The van der Waals surface area contributed by atoms with Gasteiger partial charge in [-0.3, -0.25) is 9.36 Å². The quantitative estimate of drug-likeness (QED) is 0.460. The van der Waals surface area contributed by atoms with Gasteiger partial charge in [0.1, 0.15) is 6.33 Å². The molecular formula is C21H15ClN6O. The molecule has 2 aromatic carbocycles. The summed E-state index contributed by atoms with van der Waals surface area (Å²) in [4.78, 5) is 17.3. The number of hydrogen-bond acceptors (Lipinski definition) is 5. The van der Waals surface area contributed by atoms with E-state index in [9.17, 15) is 4.79 Å². The van der Waals surface area contributed by atoms with Crippen LogP contribution in [-0.4, -0.2) is 29.4 Å². The van der Waals surface area contributed by atoms with E-state index in [4.69, 9.17) is 11.6 Å². The number of nitrogens with zero attached hydrogens (tertiary/aromatic N) is 6. The van der Waals surface area contributed by atoms with Crippen LogP contribution in [0.2, 0.25) is 5.02 Å². The number of aryl methyl sites for hydroxylation is 2. The third kappa shape index (κ3) is 3.15. The molecule has 3 heterocycles. The number of benzene rings is 2. The van der Waals surface area contributed by atoms with Crippen LogP contribution in [0.15, 0.2) is 71.9 Å². The largest absolute Gasteiger partial charge is 0.297 e. The van der Waals surface area contributed by atoms with Crippen LogP contribution in [-0.2, 0) is 13.0 Å². The van der Waals surface area contributed by atoms with Crippen molar-refractivity contribution in [3.8, 4) is 11.1 Å². The average molecular weight is 403 g/mol. The van der Waals surface area contributed by atoms with E-state index in [-0.39, 0.29) is 11.1 Å². The second-order valence-electron chi connectivity index (χ2n) is 6.65. The molecule has 0 spiro atoms. The molecular weight excluding hydrogens is 388 g/mol. The summed E-state index contributed by atoms with van der Waals surface area (Å²) in [5, 5.41) is 13.5. The Hall–Kier alpha value is -3.58. The Labute approximate surface area is 170 Å². The molecule has 0 saturated carbocycles. The first-order chi connectivity index (χ1) is 14.2. The van der Waals surface area contributed by atoms with Gasteiger partial charge in [0.2, 0.25) is 0 Å².